The fraction of sp³-hybridized carbons (Fsp3) is 0.222. The number of anilines is 1. The third kappa shape index (κ3) is 2.56. The first kappa shape index (κ1) is 9.75. The lowest BCUT2D eigenvalue weighted by Crippen LogP contribution is -1.96. The second-order valence-corrected chi connectivity index (χ2v) is 2.57. The summed E-state index contributed by atoms with van der Waals surface area (Å²) in [5.41, 5.74) is 6.73. The minimum atomic E-state index is 0.484. The highest BCUT2D eigenvalue weighted by atomic mass is 32.1. The summed E-state index contributed by atoms with van der Waals surface area (Å²) in [7, 11) is 1.55. The van der Waals surface area contributed by atoms with Crippen LogP contribution in [-0.4, -0.2) is 17.8 Å². The van der Waals surface area contributed by atoms with Crippen LogP contribution in [0.15, 0.2) is 12.1 Å². The summed E-state index contributed by atoms with van der Waals surface area (Å²) in [6.45, 7) is 0. The van der Waals surface area contributed by atoms with Gasteiger partial charge in [0.2, 0.25) is 5.88 Å². The molecule has 0 amide bonds. The Morgan fingerprint density at radius 3 is 3.00 bits per heavy atom. The van der Waals surface area contributed by atoms with Gasteiger partial charge in [-0.25, -0.2) is 4.98 Å². The zero-order valence-electron chi connectivity index (χ0n) is 7.24. The van der Waals surface area contributed by atoms with Crippen LogP contribution in [0.5, 0.6) is 5.88 Å². The molecule has 0 aliphatic carbocycles. The molecule has 1 heterocycles. The number of rotatable bonds is 1. The molecular formula is C9H10N2OS. The maximum atomic E-state index is 5.64. The van der Waals surface area contributed by atoms with Crippen molar-refractivity contribution in [2.45, 2.75) is 0 Å². The first-order valence-corrected chi connectivity index (χ1v) is 4.31. The Kier molecular flexibility index (Phi) is 3.47. The monoisotopic (exact) mass is 194 g/mol. The van der Waals surface area contributed by atoms with Gasteiger partial charge >= 0.3 is 0 Å². The van der Waals surface area contributed by atoms with Crippen molar-refractivity contribution in [3.05, 3.63) is 17.8 Å². The van der Waals surface area contributed by atoms with Crippen LogP contribution >= 0.6 is 12.6 Å². The molecule has 2 N–H and O–H groups in total. The molecule has 0 aliphatic heterocycles. The fourth-order valence-corrected chi connectivity index (χ4v) is 0.868. The lowest BCUT2D eigenvalue weighted by atomic mass is 10.3. The molecule has 1 aromatic heterocycles. The molecule has 68 valence electrons. The number of nitrogens with zero attached hydrogens (tertiary/aromatic N) is 1. The second-order valence-electron chi connectivity index (χ2n) is 2.25. The summed E-state index contributed by atoms with van der Waals surface area (Å²) in [4.78, 5) is 4.07. The SMILES string of the molecule is COc1ccc(N)c(C#CCS)n1. The van der Waals surface area contributed by atoms with Crippen LogP contribution < -0.4 is 10.5 Å². The maximum Gasteiger partial charge on any atom is 0.214 e. The number of nitrogen functional groups attached to an aromatic ring is 1. The minimum absolute atomic E-state index is 0.484. The van der Waals surface area contributed by atoms with E-state index in [1.165, 1.54) is 0 Å². The Morgan fingerprint density at radius 2 is 2.38 bits per heavy atom. The molecule has 0 unspecified atom stereocenters. The van der Waals surface area contributed by atoms with Gasteiger partial charge in [0, 0.05) is 6.07 Å². The molecular weight excluding hydrogens is 184 g/mol. The highest BCUT2D eigenvalue weighted by molar-refractivity contribution is 7.80. The van der Waals surface area contributed by atoms with Crippen molar-refractivity contribution in [2.24, 2.45) is 0 Å². The fourth-order valence-electron chi connectivity index (χ4n) is 0.789. The van der Waals surface area contributed by atoms with Crippen LogP contribution in [0.1, 0.15) is 5.69 Å². The average molecular weight is 194 g/mol. The van der Waals surface area contributed by atoms with Gasteiger partial charge in [-0.2, -0.15) is 12.6 Å². The van der Waals surface area contributed by atoms with E-state index < -0.39 is 0 Å². The van der Waals surface area contributed by atoms with Crippen LogP contribution in [0.4, 0.5) is 5.69 Å². The summed E-state index contributed by atoms with van der Waals surface area (Å²) in [5.74, 6) is 6.56. The Labute approximate surface area is 82.7 Å². The summed E-state index contributed by atoms with van der Waals surface area (Å²) < 4.78 is 4.94. The van der Waals surface area contributed by atoms with Gasteiger partial charge in [-0.3, -0.25) is 0 Å². The first-order chi connectivity index (χ1) is 6.27. The van der Waals surface area contributed by atoms with E-state index in [9.17, 15) is 0 Å². The number of hydrogen-bond acceptors (Lipinski definition) is 4. The van der Waals surface area contributed by atoms with Gasteiger partial charge in [0.1, 0.15) is 5.69 Å². The number of methoxy groups -OCH3 is 1. The van der Waals surface area contributed by atoms with Gasteiger partial charge in [-0.05, 0) is 12.0 Å². The molecule has 0 atom stereocenters. The molecule has 3 nitrogen and oxygen atoms in total. The van der Waals surface area contributed by atoms with E-state index in [0.29, 0.717) is 23.0 Å². The average Bonchev–Trinajstić information content (AvgIpc) is 2.17. The largest absolute Gasteiger partial charge is 0.481 e. The number of hydrogen-bond donors (Lipinski definition) is 2. The Balaban J connectivity index is 3.04. The Morgan fingerprint density at radius 1 is 1.62 bits per heavy atom. The van der Waals surface area contributed by atoms with Gasteiger partial charge in [-0.1, -0.05) is 5.92 Å². The first-order valence-electron chi connectivity index (χ1n) is 3.68. The molecule has 13 heavy (non-hydrogen) atoms. The van der Waals surface area contributed by atoms with Gasteiger partial charge in [0.05, 0.1) is 18.6 Å². The van der Waals surface area contributed by atoms with Crippen molar-refractivity contribution >= 4 is 18.3 Å². The standard InChI is InChI=1S/C9H10N2OS/c1-12-9-5-4-7(10)8(11-9)3-2-6-13/h4-5,13H,6,10H2,1H3. The van der Waals surface area contributed by atoms with E-state index in [0.717, 1.165) is 0 Å². The molecule has 0 aromatic carbocycles. The van der Waals surface area contributed by atoms with E-state index in [2.05, 4.69) is 29.5 Å². The van der Waals surface area contributed by atoms with Crippen molar-refractivity contribution < 1.29 is 4.74 Å². The topological polar surface area (TPSA) is 48.1 Å². The molecule has 1 rings (SSSR count). The van der Waals surface area contributed by atoms with Gasteiger partial charge in [0.15, 0.2) is 0 Å². The molecule has 0 spiro atoms. The molecule has 0 bridgehead atoms. The Hall–Kier alpha value is -1.34. The van der Waals surface area contributed by atoms with Crippen molar-refractivity contribution in [1.82, 2.24) is 4.98 Å². The van der Waals surface area contributed by atoms with Crippen LogP contribution in [0.25, 0.3) is 0 Å². The molecule has 0 aliphatic rings. The molecule has 1 aromatic rings. The van der Waals surface area contributed by atoms with Gasteiger partial charge < -0.3 is 10.5 Å². The molecule has 0 saturated carbocycles. The summed E-state index contributed by atoms with van der Waals surface area (Å²) in [5, 5.41) is 0. The van der Waals surface area contributed by atoms with E-state index in [1.807, 2.05) is 0 Å². The van der Waals surface area contributed by atoms with Crippen LogP contribution in [0, 0.1) is 11.8 Å². The van der Waals surface area contributed by atoms with Crippen molar-refractivity contribution in [3.8, 4) is 17.7 Å². The number of aromatic nitrogens is 1. The zero-order chi connectivity index (χ0) is 9.68. The lowest BCUT2D eigenvalue weighted by Gasteiger charge is -2.00. The van der Waals surface area contributed by atoms with Crippen LogP contribution in [0.2, 0.25) is 0 Å². The van der Waals surface area contributed by atoms with E-state index in [4.69, 9.17) is 10.5 Å². The van der Waals surface area contributed by atoms with Gasteiger partial charge in [0.25, 0.3) is 0 Å². The lowest BCUT2D eigenvalue weighted by molar-refractivity contribution is 0.397. The number of nitrogens with two attached hydrogens (primary N) is 1. The third-order valence-electron chi connectivity index (χ3n) is 1.40. The normalized spacial score (nSPS) is 8.77. The summed E-state index contributed by atoms with van der Waals surface area (Å²) in [6.07, 6.45) is 0. The second kappa shape index (κ2) is 4.63. The van der Waals surface area contributed by atoms with Crippen molar-refractivity contribution in [2.75, 3.05) is 18.6 Å². The maximum absolute atomic E-state index is 5.64. The van der Waals surface area contributed by atoms with E-state index in [-0.39, 0.29) is 0 Å². The third-order valence-corrected chi connectivity index (χ3v) is 1.55. The van der Waals surface area contributed by atoms with Crippen molar-refractivity contribution in [3.63, 3.8) is 0 Å². The zero-order valence-corrected chi connectivity index (χ0v) is 8.14. The number of ether oxygens (including phenoxy) is 1. The predicted octanol–water partition coefficient (Wildman–Crippen LogP) is 0.954. The Bertz CT molecular complexity index is 354. The van der Waals surface area contributed by atoms with Crippen molar-refractivity contribution in [1.29, 1.82) is 0 Å². The summed E-state index contributed by atoms with van der Waals surface area (Å²) >= 11 is 3.96. The van der Waals surface area contributed by atoms with E-state index >= 15 is 0 Å². The number of thiol groups is 1. The predicted molar refractivity (Wildman–Crippen MR) is 55.9 cm³/mol. The molecule has 0 fully saturated rings. The highest BCUT2D eigenvalue weighted by Crippen LogP contribution is 2.13. The van der Waals surface area contributed by atoms with Crippen LogP contribution in [0.3, 0.4) is 0 Å². The molecule has 0 radical (unpaired) electrons. The smallest absolute Gasteiger partial charge is 0.214 e. The molecule has 0 saturated heterocycles. The summed E-state index contributed by atoms with van der Waals surface area (Å²) in [6, 6.07) is 3.41. The quantitative estimate of drug-likeness (QED) is 0.517. The highest BCUT2D eigenvalue weighted by Gasteiger charge is 1.98. The number of pyridine rings is 1. The van der Waals surface area contributed by atoms with E-state index in [1.54, 1.807) is 19.2 Å². The van der Waals surface area contributed by atoms with Gasteiger partial charge in [-0.15, -0.1) is 0 Å². The minimum Gasteiger partial charge on any atom is -0.481 e. The van der Waals surface area contributed by atoms with Crippen LogP contribution in [-0.2, 0) is 0 Å². The molecule has 4 heteroatoms.